The molecule has 4 rings (SSSR count). The third-order valence-corrected chi connectivity index (χ3v) is 5.51. The topological polar surface area (TPSA) is 73.1 Å². The Labute approximate surface area is 186 Å². The highest BCUT2D eigenvalue weighted by Crippen LogP contribution is 2.36. The SMILES string of the molecule is Cl.N[C@@H](CNc1cc(-c2cc3cc(OC(F)(F)F)ccc3s2)ncn1)c1ccccc1. The Kier molecular flexibility index (Phi) is 6.99. The van der Waals surface area contributed by atoms with Crippen molar-refractivity contribution in [1.29, 1.82) is 0 Å². The lowest BCUT2D eigenvalue weighted by atomic mass is 10.1. The van der Waals surface area contributed by atoms with Gasteiger partial charge >= 0.3 is 6.36 Å². The molecule has 2 aromatic heterocycles. The van der Waals surface area contributed by atoms with Gasteiger partial charge in [-0.05, 0) is 35.2 Å². The summed E-state index contributed by atoms with van der Waals surface area (Å²) in [6, 6.07) is 17.4. The zero-order chi connectivity index (χ0) is 21.1. The Hall–Kier alpha value is -2.88. The lowest BCUT2D eigenvalue weighted by Gasteiger charge is -2.13. The van der Waals surface area contributed by atoms with Crippen LogP contribution in [0.15, 0.2) is 67.0 Å². The molecule has 0 bridgehead atoms. The summed E-state index contributed by atoms with van der Waals surface area (Å²) >= 11 is 1.43. The number of aromatic nitrogens is 2. The van der Waals surface area contributed by atoms with Gasteiger partial charge in [0.1, 0.15) is 17.9 Å². The van der Waals surface area contributed by atoms with Crippen molar-refractivity contribution >= 4 is 39.6 Å². The number of fused-ring (bicyclic) bond motifs is 1. The molecule has 0 saturated heterocycles. The molecule has 0 aliphatic rings. The van der Waals surface area contributed by atoms with Crippen LogP contribution in [-0.2, 0) is 0 Å². The number of nitrogens with one attached hydrogen (secondary N) is 1. The van der Waals surface area contributed by atoms with Crippen molar-refractivity contribution in [2.75, 3.05) is 11.9 Å². The van der Waals surface area contributed by atoms with Crippen molar-refractivity contribution in [2.24, 2.45) is 5.73 Å². The minimum atomic E-state index is -4.72. The number of thiophene rings is 1. The molecule has 1 atom stereocenters. The molecule has 0 aliphatic carbocycles. The summed E-state index contributed by atoms with van der Waals surface area (Å²) in [6.45, 7) is 0.491. The van der Waals surface area contributed by atoms with E-state index in [0.717, 1.165) is 15.1 Å². The van der Waals surface area contributed by atoms with Crippen LogP contribution in [0.25, 0.3) is 20.7 Å². The second-order valence-corrected chi connectivity index (χ2v) is 7.63. The standard InChI is InChI=1S/C21H17F3N4OS.ClH/c22-21(23,24)29-15-6-7-18-14(8-15)9-19(30-18)17-10-20(28-12-27-17)26-11-16(25)13-4-2-1-3-5-13;/h1-10,12,16H,11,25H2,(H,26,27,28);1H/t16-;/m0./s1. The van der Waals surface area contributed by atoms with E-state index < -0.39 is 6.36 Å². The zero-order valence-corrected chi connectivity index (χ0v) is 17.6. The van der Waals surface area contributed by atoms with Gasteiger partial charge in [0.2, 0.25) is 0 Å². The highest BCUT2D eigenvalue weighted by Gasteiger charge is 2.31. The number of benzene rings is 2. The number of nitrogens with zero attached hydrogens (tertiary/aromatic N) is 2. The van der Waals surface area contributed by atoms with Crippen LogP contribution in [0, 0.1) is 0 Å². The van der Waals surface area contributed by atoms with Crippen LogP contribution >= 0.6 is 23.7 Å². The second-order valence-electron chi connectivity index (χ2n) is 6.54. The van der Waals surface area contributed by atoms with Gasteiger partial charge in [-0.2, -0.15) is 0 Å². The van der Waals surface area contributed by atoms with Gasteiger partial charge in [0, 0.05) is 23.4 Å². The molecule has 0 saturated carbocycles. The summed E-state index contributed by atoms with van der Waals surface area (Å²) in [7, 11) is 0. The largest absolute Gasteiger partial charge is 0.573 e. The predicted molar refractivity (Wildman–Crippen MR) is 119 cm³/mol. The van der Waals surface area contributed by atoms with E-state index in [4.69, 9.17) is 5.73 Å². The van der Waals surface area contributed by atoms with Crippen LogP contribution in [0.2, 0.25) is 0 Å². The Bertz CT molecular complexity index is 1150. The highest BCUT2D eigenvalue weighted by molar-refractivity contribution is 7.22. The second kappa shape index (κ2) is 9.51. The van der Waals surface area contributed by atoms with Crippen molar-refractivity contribution in [2.45, 2.75) is 12.4 Å². The molecule has 162 valence electrons. The molecule has 5 nitrogen and oxygen atoms in total. The van der Waals surface area contributed by atoms with Gasteiger partial charge in [0.05, 0.1) is 10.6 Å². The van der Waals surface area contributed by atoms with E-state index in [1.807, 2.05) is 30.3 Å². The maximum absolute atomic E-state index is 12.4. The van der Waals surface area contributed by atoms with Crippen molar-refractivity contribution in [3.8, 4) is 16.3 Å². The van der Waals surface area contributed by atoms with Crippen LogP contribution in [0.3, 0.4) is 0 Å². The Morgan fingerprint density at radius 1 is 1.03 bits per heavy atom. The molecule has 0 spiro atoms. The molecular formula is C21H18ClF3N4OS. The quantitative estimate of drug-likeness (QED) is 0.376. The summed E-state index contributed by atoms with van der Waals surface area (Å²) in [6.07, 6.45) is -3.28. The van der Waals surface area contributed by atoms with Gasteiger partial charge in [-0.3, -0.25) is 0 Å². The molecule has 2 aromatic carbocycles. The first-order valence-corrected chi connectivity index (χ1v) is 9.85. The molecule has 2 heterocycles. The zero-order valence-electron chi connectivity index (χ0n) is 16.0. The molecule has 0 radical (unpaired) electrons. The fourth-order valence-electron chi connectivity index (χ4n) is 2.97. The number of anilines is 1. The van der Waals surface area contributed by atoms with Crippen LogP contribution < -0.4 is 15.8 Å². The highest BCUT2D eigenvalue weighted by atomic mass is 35.5. The van der Waals surface area contributed by atoms with Gasteiger partial charge in [-0.25, -0.2) is 9.97 Å². The Morgan fingerprint density at radius 2 is 1.81 bits per heavy atom. The van der Waals surface area contributed by atoms with Crippen molar-refractivity contribution in [3.05, 3.63) is 72.6 Å². The van der Waals surface area contributed by atoms with E-state index >= 15 is 0 Å². The van der Waals surface area contributed by atoms with E-state index in [1.165, 1.54) is 29.8 Å². The van der Waals surface area contributed by atoms with E-state index in [1.54, 1.807) is 18.2 Å². The maximum Gasteiger partial charge on any atom is 0.573 e. The van der Waals surface area contributed by atoms with Gasteiger partial charge in [-0.1, -0.05) is 30.3 Å². The molecule has 0 unspecified atom stereocenters. The van der Waals surface area contributed by atoms with Gasteiger partial charge in [0.25, 0.3) is 0 Å². The lowest BCUT2D eigenvalue weighted by Crippen LogP contribution is -2.20. The Morgan fingerprint density at radius 3 is 2.55 bits per heavy atom. The first-order chi connectivity index (χ1) is 14.4. The molecule has 0 amide bonds. The number of ether oxygens (including phenoxy) is 1. The van der Waals surface area contributed by atoms with Crippen LogP contribution in [0.5, 0.6) is 5.75 Å². The van der Waals surface area contributed by atoms with Gasteiger partial charge in [0.15, 0.2) is 0 Å². The number of nitrogens with two attached hydrogens (primary N) is 1. The van der Waals surface area contributed by atoms with E-state index in [2.05, 4.69) is 20.0 Å². The fraction of sp³-hybridized carbons (Fsp3) is 0.143. The lowest BCUT2D eigenvalue weighted by molar-refractivity contribution is -0.274. The number of hydrogen-bond donors (Lipinski definition) is 2. The van der Waals surface area contributed by atoms with E-state index in [0.29, 0.717) is 23.4 Å². The molecule has 10 heteroatoms. The minimum absolute atomic E-state index is 0. The summed E-state index contributed by atoms with van der Waals surface area (Å²) in [5.41, 5.74) is 7.89. The number of alkyl halides is 3. The summed E-state index contributed by atoms with van der Waals surface area (Å²) < 4.78 is 42.1. The molecule has 0 fully saturated rings. The normalized spacial score (nSPS) is 12.3. The van der Waals surface area contributed by atoms with E-state index in [-0.39, 0.29) is 24.2 Å². The third kappa shape index (κ3) is 5.84. The van der Waals surface area contributed by atoms with Crippen molar-refractivity contribution < 1.29 is 17.9 Å². The van der Waals surface area contributed by atoms with Crippen molar-refractivity contribution in [1.82, 2.24) is 9.97 Å². The molecule has 4 aromatic rings. The molecule has 31 heavy (non-hydrogen) atoms. The average molecular weight is 467 g/mol. The van der Waals surface area contributed by atoms with Gasteiger partial charge < -0.3 is 15.8 Å². The van der Waals surface area contributed by atoms with Crippen molar-refractivity contribution in [3.63, 3.8) is 0 Å². The number of halogens is 4. The van der Waals surface area contributed by atoms with Crippen LogP contribution in [0.4, 0.5) is 19.0 Å². The average Bonchev–Trinajstić information content (AvgIpc) is 3.15. The number of hydrogen-bond acceptors (Lipinski definition) is 6. The smallest absolute Gasteiger partial charge is 0.406 e. The molecule has 3 N–H and O–H groups in total. The maximum atomic E-state index is 12.4. The molecular weight excluding hydrogens is 449 g/mol. The first-order valence-electron chi connectivity index (χ1n) is 9.03. The third-order valence-electron chi connectivity index (χ3n) is 4.37. The Balaban J connectivity index is 0.00000272. The predicted octanol–water partition coefficient (Wildman–Crippen LogP) is 5.79. The summed E-state index contributed by atoms with van der Waals surface area (Å²) in [5, 5.41) is 3.85. The molecule has 0 aliphatic heterocycles. The fourth-order valence-corrected chi connectivity index (χ4v) is 3.98. The summed E-state index contributed by atoms with van der Waals surface area (Å²) in [4.78, 5) is 9.32. The van der Waals surface area contributed by atoms with Gasteiger partial charge in [-0.15, -0.1) is 36.9 Å². The van der Waals surface area contributed by atoms with Crippen LogP contribution in [0.1, 0.15) is 11.6 Å². The minimum Gasteiger partial charge on any atom is -0.406 e. The summed E-state index contributed by atoms with van der Waals surface area (Å²) in [5.74, 6) is 0.365. The monoisotopic (exact) mass is 466 g/mol. The first kappa shape index (κ1) is 22.8. The van der Waals surface area contributed by atoms with Crippen LogP contribution in [-0.4, -0.2) is 22.9 Å². The van der Waals surface area contributed by atoms with E-state index in [9.17, 15) is 13.2 Å². The number of rotatable bonds is 6.